The van der Waals surface area contributed by atoms with Gasteiger partial charge in [0.05, 0.1) is 5.02 Å². The molecule has 1 aromatic carbocycles. The van der Waals surface area contributed by atoms with Crippen molar-refractivity contribution in [3.05, 3.63) is 27.7 Å². The van der Waals surface area contributed by atoms with Crippen molar-refractivity contribution in [3.63, 3.8) is 0 Å². The Morgan fingerprint density at radius 2 is 2.00 bits per heavy atom. The van der Waals surface area contributed by atoms with Gasteiger partial charge in [-0.25, -0.2) is 0 Å². The number of rotatable bonds is 3. The largest absolute Gasteiger partial charge is 0.422 e. The molecule has 2 rings (SSSR count). The van der Waals surface area contributed by atoms with Gasteiger partial charge in [0.25, 0.3) is 0 Å². The summed E-state index contributed by atoms with van der Waals surface area (Å²) >= 11 is 9.37. The topological polar surface area (TPSA) is 77.2 Å². The number of nitrogen functional groups attached to an aromatic ring is 1. The fraction of sp³-hybridized carbons (Fsp3) is 0.182. The zero-order valence-corrected chi connectivity index (χ0v) is 12.6. The lowest BCUT2D eigenvalue weighted by molar-refractivity contribution is 0.441. The van der Waals surface area contributed by atoms with Crippen molar-refractivity contribution in [1.29, 1.82) is 0 Å². The molecule has 0 atom stereocenters. The van der Waals surface area contributed by atoms with Gasteiger partial charge in [-0.2, -0.15) is 15.0 Å². The summed E-state index contributed by atoms with van der Waals surface area (Å²) in [7, 11) is 3.59. The van der Waals surface area contributed by atoms with Gasteiger partial charge in [0.1, 0.15) is 0 Å². The monoisotopic (exact) mass is 343 g/mol. The first-order valence-electron chi connectivity index (χ1n) is 5.27. The highest BCUT2D eigenvalue weighted by Gasteiger charge is 2.10. The quantitative estimate of drug-likeness (QED) is 0.922. The van der Waals surface area contributed by atoms with Crippen LogP contribution in [0.15, 0.2) is 22.7 Å². The Kier molecular flexibility index (Phi) is 4.06. The minimum Gasteiger partial charge on any atom is -0.422 e. The lowest BCUT2D eigenvalue weighted by atomic mass is 10.3. The molecule has 0 spiro atoms. The van der Waals surface area contributed by atoms with Crippen LogP contribution in [0.5, 0.6) is 11.8 Å². The molecule has 0 fully saturated rings. The van der Waals surface area contributed by atoms with E-state index >= 15 is 0 Å². The second kappa shape index (κ2) is 5.58. The normalized spacial score (nSPS) is 10.3. The molecule has 2 N–H and O–H groups in total. The summed E-state index contributed by atoms with van der Waals surface area (Å²) in [6.07, 6.45) is 0. The zero-order valence-electron chi connectivity index (χ0n) is 10.3. The molecule has 0 radical (unpaired) electrons. The Bertz CT molecular complexity index is 608. The SMILES string of the molecule is CN(C)c1nc(N)nc(Oc2cc(Br)ccc2Cl)n1. The average molecular weight is 345 g/mol. The van der Waals surface area contributed by atoms with Gasteiger partial charge in [0.15, 0.2) is 5.75 Å². The van der Waals surface area contributed by atoms with E-state index in [-0.39, 0.29) is 12.0 Å². The molecule has 1 heterocycles. The first-order valence-corrected chi connectivity index (χ1v) is 6.44. The molecule has 0 aliphatic heterocycles. The third-order valence-electron chi connectivity index (χ3n) is 2.11. The third-order valence-corrected chi connectivity index (χ3v) is 2.92. The Morgan fingerprint density at radius 3 is 2.68 bits per heavy atom. The minimum atomic E-state index is 0.0832. The van der Waals surface area contributed by atoms with E-state index in [2.05, 4.69) is 30.9 Å². The number of aromatic nitrogens is 3. The molecule has 100 valence electrons. The molecule has 8 heteroatoms. The molecule has 19 heavy (non-hydrogen) atoms. The van der Waals surface area contributed by atoms with Crippen molar-refractivity contribution in [2.45, 2.75) is 0 Å². The summed E-state index contributed by atoms with van der Waals surface area (Å²) in [6, 6.07) is 5.33. The average Bonchev–Trinajstić information content (AvgIpc) is 2.33. The van der Waals surface area contributed by atoms with Crippen LogP contribution < -0.4 is 15.4 Å². The zero-order chi connectivity index (χ0) is 14.0. The number of nitrogens with zero attached hydrogens (tertiary/aromatic N) is 4. The van der Waals surface area contributed by atoms with Crippen molar-refractivity contribution in [1.82, 2.24) is 15.0 Å². The minimum absolute atomic E-state index is 0.0832. The molecule has 0 bridgehead atoms. The summed E-state index contributed by atoms with van der Waals surface area (Å²) in [5, 5.41) is 0.452. The van der Waals surface area contributed by atoms with E-state index in [0.717, 1.165) is 4.47 Å². The molecule has 0 saturated heterocycles. The molecule has 0 aliphatic carbocycles. The highest BCUT2D eigenvalue weighted by molar-refractivity contribution is 9.10. The molecule has 0 saturated carbocycles. The van der Waals surface area contributed by atoms with E-state index in [0.29, 0.717) is 16.7 Å². The van der Waals surface area contributed by atoms with Crippen LogP contribution in [0.3, 0.4) is 0 Å². The maximum atomic E-state index is 6.03. The highest BCUT2D eigenvalue weighted by Crippen LogP contribution is 2.31. The molecular weight excluding hydrogens is 334 g/mol. The molecule has 2 aromatic rings. The van der Waals surface area contributed by atoms with E-state index < -0.39 is 0 Å². The van der Waals surface area contributed by atoms with E-state index in [4.69, 9.17) is 22.1 Å². The van der Waals surface area contributed by atoms with Crippen molar-refractivity contribution in [3.8, 4) is 11.8 Å². The summed E-state index contributed by atoms with van der Waals surface area (Å²) in [5.41, 5.74) is 5.61. The lowest BCUT2D eigenvalue weighted by Crippen LogP contribution is -2.15. The molecule has 0 aliphatic rings. The molecular formula is C11H11BrClN5O. The van der Waals surface area contributed by atoms with Crippen LogP contribution in [-0.2, 0) is 0 Å². The molecule has 0 amide bonds. The Labute approximate surface area is 123 Å². The summed E-state index contributed by atoms with van der Waals surface area (Å²) in [5.74, 6) is 0.930. The van der Waals surface area contributed by atoms with Crippen LogP contribution in [0.25, 0.3) is 0 Å². The third kappa shape index (κ3) is 3.45. The fourth-order valence-corrected chi connectivity index (χ4v) is 1.76. The molecule has 1 aromatic heterocycles. The number of ether oxygens (including phenoxy) is 1. The first kappa shape index (κ1) is 13.8. The van der Waals surface area contributed by atoms with Crippen molar-refractivity contribution >= 4 is 39.4 Å². The fourth-order valence-electron chi connectivity index (χ4n) is 1.26. The van der Waals surface area contributed by atoms with Crippen LogP contribution >= 0.6 is 27.5 Å². The standard InChI is InChI=1S/C11H11BrClN5O/c1-18(2)10-15-9(14)16-11(17-10)19-8-5-6(12)3-4-7(8)13/h3-5H,1-2H3,(H2,14,15,16,17). The van der Waals surface area contributed by atoms with Gasteiger partial charge in [0, 0.05) is 18.6 Å². The van der Waals surface area contributed by atoms with Crippen LogP contribution in [0.1, 0.15) is 0 Å². The van der Waals surface area contributed by atoms with E-state index in [9.17, 15) is 0 Å². The number of anilines is 2. The Hall–Kier alpha value is -1.60. The molecule has 0 unspecified atom stereocenters. The predicted octanol–water partition coefficient (Wildman–Crippen LogP) is 2.73. The summed E-state index contributed by atoms with van der Waals surface area (Å²) in [4.78, 5) is 13.7. The summed E-state index contributed by atoms with van der Waals surface area (Å²) in [6.45, 7) is 0. The first-order chi connectivity index (χ1) is 8.95. The lowest BCUT2D eigenvalue weighted by Gasteiger charge is -2.12. The Morgan fingerprint density at radius 1 is 1.26 bits per heavy atom. The number of hydrogen-bond donors (Lipinski definition) is 1. The van der Waals surface area contributed by atoms with Gasteiger partial charge < -0.3 is 15.4 Å². The van der Waals surface area contributed by atoms with E-state index in [1.165, 1.54) is 0 Å². The number of nitrogens with two attached hydrogens (primary N) is 1. The van der Waals surface area contributed by atoms with Gasteiger partial charge in [-0.3, -0.25) is 0 Å². The van der Waals surface area contributed by atoms with Crippen LogP contribution in [-0.4, -0.2) is 29.0 Å². The maximum absolute atomic E-state index is 6.03. The van der Waals surface area contributed by atoms with Crippen molar-refractivity contribution in [2.24, 2.45) is 0 Å². The second-order valence-electron chi connectivity index (χ2n) is 3.85. The van der Waals surface area contributed by atoms with Gasteiger partial charge in [-0.05, 0) is 18.2 Å². The van der Waals surface area contributed by atoms with Crippen LogP contribution in [0, 0.1) is 0 Å². The van der Waals surface area contributed by atoms with E-state index in [1.54, 1.807) is 31.1 Å². The van der Waals surface area contributed by atoms with Gasteiger partial charge in [-0.1, -0.05) is 27.5 Å². The van der Waals surface area contributed by atoms with Gasteiger partial charge in [0.2, 0.25) is 11.9 Å². The smallest absolute Gasteiger partial charge is 0.328 e. The van der Waals surface area contributed by atoms with Crippen LogP contribution in [0.4, 0.5) is 11.9 Å². The maximum Gasteiger partial charge on any atom is 0.328 e. The van der Waals surface area contributed by atoms with Crippen LogP contribution in [0.2, 0.25) is 5.02 Å². The van der Waals surface area contributed by atoms with Crippen molar-refractivity contribution in [2.75, 3.05) is 24.7 Å². The van der Waals surface area contributed by atoms with Gasteiger partial charge in [-0.15, -0.1) is 0 Å². The van der Waals surface area contributed by atoms with Gasteiger partial charge >= 0.3 is 6.01 Å². The second-order valence-corrected chi connectivity index (χ2v) is 5.17. The molecule has 6 nitrogen and oxygen atoms in total. The number of halogens is 2. The van der Waals surface area contributed by atoms with E-state index in [1.807, 2.05) is 6.07 Å². The Balaban J connectivity index is 2.35. The van der Waals surface area contributed by atoms with Crippen molar-refractivity contribution < 1.29 is 4.74 Å². The number of hydrogen-bond acceptors (Lipinski definition) is 6. The predicted molar refractivity (Wildman–Crippen MR) is 77.8 cm³/mol. The highest BCUT2D eigenvalue weighted by atomic mass is 79.9. The summed E-state index contributed by atoms with van der Waals surface area (Å²) < 4.78 is 6.37. The number of benzene rings is 1.